The van der Waals surface area contributed by atoms with E-state index < -0.39 is 0 Å². The van der Waals surface area contributed by atoms with Gasteiger partial charge in [0.1, 0.15) is 0 Å². The molecule has 7 heteroatoms. The lowest BCUT2D eigenvalue weighted by molar-refractivity contribution is -0.0835. The zero-order valence-corrected chi connectivity index (χ0v) is 20.2. The lowest BCUT2D eigenvalue weighted by atomic mass is 9.78. The van der Waals surface area contributed by atoms with Gasteiger partial charge >= 0.3 is 0 Å². The van der Waals surface area contributed by atoms with Crippen molar-refractivity contribution in [2.45, 2.75) is 52.7 Å². The van der Waals surface area contributed by atoms with Crippen LogP contribution in [-0.2, 0) is 4.74 Å². The van der Waals surface area contributed by atoms with Crippen LogP contribution in [0.2, 0.25) is 0 Å². The molecule has 0 radical (unpaired) electrons. The molecule has 1 aromatic carbocycles. The Morgan fingerprint density at radius 2 is 2.11 bits per heavy atom. The molecule has 3 unspecified atom stereocenters. The standard InChI is InChI=1S/C21H34FN3O2.HI/c1-14(15-9-10-18(26-6)17(22)12-15)25-20(23-5)24-13-16-8-7-11-27-19(16)21(2,3)4;/h9-10,12,14,16,19H,7-8,11,13H2,1-6H3,(H2,23,24,25);1H. The van der Waals surface area contributed by atoms with E-state index in [2.05, 4.69) is 36.4 Å². The van der Waals surface area contributed by atoms with Gasteiger partial charge in [-0.1, -0.05) is 26.8 Å². The molecule has 2 rings (SSSR count). The van der Waals surface area contributed by atoms with Crippen LogP contribution in [-0.4, -0.2) is 39.4 Å². The summed E-state index contributed by atoms with van der Waals surface area (Å²) in [5.41, 5.74) is 0.947. The van der Waals surface area contributed by atoms with Crippen LogP contribution in [0.15, 0.2) is 23.2 Å². The molecule has 1 fully saturated rings. The van der Waals surface area contributed by atoms with Crippen molar-refractivity contribution >= 4 is 29.9 Å². The third-order valence-electron chi connectivity index (χ3n) is 5.08. The van der Waals surface area contributed by atoms with Gasteiger partial charge in [0, 0.05) is 26.1 Å². The van der Waals surface area contributed by atoms with E-state index in [1.807, 2.05) is 13.0 Å². The van der Waals surface area contributed by atoms with Gasteiger partial charge in [0.05, 0.1) is 19.3 Å². The van der Waals surface area contributed by atoms with Crippen LogP contribution in [0.5, 0.6) is 5.75 Å². The van der Waals surface area contributed by atoms with Crippen molar-refractivity contribution in [3.8, 4) is 5.75 Å². The Labute approximate surface area is 185 Å². The highest BCUT2D eigenvalue weighted by atomic mass is 127. The number of ether oxygens (including phenoxy) is 2. The van der Waals surface area contributed by atoms with Crippen molar-refractivity contribution in [3.63, 3.8) is 0 Å². The second-order valence-electron chi connectivity index (χ2n) is 8.27. The Morgan fingerprint density at radius 3 is 2.68 bits per heavy atom. The van der Waals surface area contributed by atoms with Crippen LogP contribution in [0.25, 0.3) is 0 Å². The number of hydrogen-bond donors (Lipinski definition) is 2. The van der Waals surface area contributed by atoms with Crippen molar-refractivity contribution in [2.75, 3.05) is 27.3 Å². The fourth-order valence-corrected chi connectivity index (χ4v) is 3.67. The smallest absolute Gasteiger partial charge is 0.191 e. The molecular formula is C21H35FIN3O2. The second kappa shape index (κ2) is 11.2. The zero-order valence-electron chi connectivity index (χ0n) is 17.8. The molecule has 0 amide bonds. The molecule has 1 saturated heterocycles. The topological polar surface area (TPSA) is 54.9 Å². The van der Waals surface area contributed by atoms with E-state index >= 15 is 0 Å². The van der Waals surface area contributed by atoms with Crippen molar-refractivity contribution in [1.82, 2.24) is 10.6 Å². The summed E-state index contributed by atoms with van der Waals surface area (Å²) in [5, 5.41) is 6.75. The first-order chi connectivity index (χ1) is 12.8. The molecule has 2 N–H and O–H groups in total. The average molecular weight is 507 g/mol. The average Bonchev–Trinajstić information content (AvgIpc) is 2.64. The quantitative estimate of drug-likeness (QED) is 0.350. The number of aliphatic imine (C=N–C) groups is 1. The summed E-state index contributed by atoms with van der Waals surface area (Å²) >= 11 is 0. The van der Waals surface area contributed by atoms with Crippen molar-refractivity contribution in [3.05, 3.63) is 29.6 Å². The number of benzene rings is 1. The minimum Gasteiger partial charge on any atom is -0.494 e. The molecule has 0 aliphatic carbocycles. The Bertz CT molecular complexity index is 649. The van der Waals surface area contributed by atoms with E-state index in [1.165, 1.54) is 13.2 Å². The molecule has 1 heterocycles. The van der Waals surface area contributed by atoms with Gasteiger partial charge in [0.25, 0.3) is 0 Å². The predicted molar refractivity (Wildman–Crippen MR) is 123 cm³/mol. The minimum absolute atomic E-state index is 0. The molecule has 1 aliphatic heterocycles. The summed E-state index contributed by atoms with van der Waals surface area (Å²) in [6.45, 7) is 10.3. The zero-order chi connectivity index (χ0) is 20.0. The number of rotatable bonds is 5. The lowest BCUT2D eigenvalue weighted by Gasteiger charge is -2.40. The SMILES string of the molecule is CN=C(NCC1CCCOC1C(C)(C)C)NC(C)c1ccc(OC)c(F)c1.I. The predicted octanol–water partition coefficient (Wildman–Crippen LogP) is 4.52. The van der Waals surface area contributed by atoms with Crippen molar-refractivity contribution in [1.29, 1.82) is 0 Å². The van der Waals surface area contributed by atoms with Crippen LogP contribution in [0.3, 0.4) is 0 Å². The first kappa shape index (κ1) is 24.9. The van der Waals surface area contributed by atoms with E-state index in [4.69, 9.17) is 9.47 Å². The highest BCUT2D eigenvalue weighted by molar-refractivity contribution is 14.0. The molecule has 3 atom stereocenters. The van der Waals surface area contributed by atoms with E-state index in [-0.39, 0.29) is 53.1 Å². The largest absolute Gasteiger partial charge is 0.494 e. The Kier molecular flexibility index (Phi) is 9.97. The summed E-state index contributed by atoms with van der Waals surface area (Å²) in [7, 11) is 3.21. The second-order valence-corrected chi connectivity index (χ2v) is 8.27. The van der Waals surface area contributed by atoms with E-state index in [0.29, 0.717) is 11.9 Å². The van der Waals surface area contributed by atoms with Gasteiger partial charge in [-0.3, -0.25) is 4.99 Å². The molecule has 28 heavy (non-hydrogen) atoms. The molecule has 0 aromatic heterocycles. The monoisotopic (exact) mass is 507 g/mol. The molecule has 1 aliphatic rings. The molecule has 5 nitrogen and oxygen atoms in total. The molecule has 160 valence electrons. The van der Waals surface area contributed by atoms with Gasteiger partial charge in [-0.25, -0.2) is 4.39 Å². The number of hydrogen-bond acceptors (Lipinski definition) is 3. The number of halogens is 2. The molecule has 0 spiro atoms. The van der Waals surface area contributed by atoms with Crippen LogP contribution >= 0.6 is 24.0 Å². The normalized spacial score (nSPS) is 21.5. The number of nitrogens with zero attached hydrogens (tertiary/aromatic N) is 1. The van der Waals surface area contributed by atoms with Crippen molar-refractivity contribution < 1.29 is 13.9 Å². The maximum Gasteiger partial charge on any atom is 0.191 e. The van der Waals surface area contributed by atoms with Gasteiger partial charge < -0.3 is 20.1 Å². The third-order valence-corrected chi connectivity index (χ3v) is 5.08. The highest BCUT2D eigenvalue weighted by Gasteiger charge is 2.35. The maximum atomic E-state index is 14.0. The van der Waals surface area contributed by atoms with Gasteiger partial charge in [0.15, 0.2) is 17.5 Å². The fourth-order valence-electron chi connectivity index (χ4n) is 3.67. The Hall–Kier alpha value is -1.09. The molecular weight excluding hydrogens is 472 g/mol. The number of guanidine groups is 1. The summed E-state index contributed by atoms with van der Waals surface area (Å²) in [6.07, 6.45) is 2.46. The molecule has 0 saturated carbocycles. The Morgan fingerprint density at radius 1 is 1.39 bits per heavy atom. The fraction of sp³-hybridized carbons (Fsp3) is 0.667. The van der Waals surface area contributed by atoms with Crippen LogP contribution in [0.1, 0.15) is 52.1 Å². The first-order valence-electron chi connectivity index (χ1n) is 9.68. The summed E-state index contributed by atoms with van der Waals surface area (Å²) < 4.78 is 25.0. The van der Waals surface area contributed by atoms with E-state index in [1.54, 1.807) is 13.1 Å². The van der Waals surface area contributed by atoms with Crippen LogP contribution in [0, 0.1) is 17.2 Å². The first-order valence-corrected chi connectivity index (χ1v) is 9.68. The lowest BCUT2D eigenvalue weighted by Crippen LogP contribution is -2.47. The third kappa shape index (κ3) is 6.76. The number of methoxy groups -OCH3 is 1. The number of nitrogens with one attached hydrogen (secondary N) is 2. The summed E-state index contributed by atoms with van der Waals surface area (Å²) in [4.78, 5) is 4.32. The van der Waals surface area contributed by atoms with Gasteiger partial charge in [-0.15, -0.1) is 24.0 Å². The minimum atomic E-state index is -0.362. The molecule has 0 bridgehead atoms. The highest BCUT2D eigenvalue weighted by Crippen LogP contribution is 2.33. The Balaban J connectivity index is 0.00000392. The summed E-state index contributed by atoms with van der Waals surface area (Å²) in [5.74, 6) is 1.03. The van der Waals surface area contributed by atoms with Crippen LogP contribution in [0.4, 0.5) is 4.39 Å². The van der Waals surface area contributed by atoms with Crippen molar-refractivity contribution in [2.24, 2.45) is 16.3 Å². The summed E-state index contributed by atoms with van der Waals surface area (Å²) in [6, 6.07) is 4.91. The maximum absolute atomic E-state index is 14.0. The van der Waals surface area contributed by atoms with Gasteiger partial charge in [-0.2, -0.15) is 0 Å². The van der Waals surface area contributed by atoms with Gasteiger partial charge in [0.2, 0.25) is 0 Å². The van der Waals surface area contributed by atoms with E-state index in [0.717, 1.165) is 31.6 Å². The van der Waals surface area contributed by atoms with E-state index in [9.17, 15) is 4.39 Å². The molecule has 1 aromatic rings. The van der Waals surface area contributed by atoms with Crippen LogP contribution < -0.4 is 15.4 Å². The van der Waals surface area contributed by atoms with Gasteiger partial charge in [-0.05, 0) is 42.9 Å².